The molecule has 0 aliphatic rings. The highest BCUT2D eigenvalue weighted by Crippen LogP contribution is 2.26. The number of hydrogen-bond donors (Lipinski definition) is 0. The highest BCUT2D eigenvalue weighted by Gasteiger charge is 2.15. The normalized spacial score (nSPS) is 10.6. The quantitative estimate of drug-likeness (QED) is 0.273. The summed E-state index contributed by atoms with van der Waals surface area (Å²) in [5.74, 6) is 0. The Labute approximate surface area is 190 Å². The first-order chi connectivity index (χ1) is 14.5. The summed E-state index contributed by atoms with van der Waals surface area (Å²) in [4.78, 5) is 15.4. The molecule has 0 aliphatic carbocycles. The van der Waals surface area contributed by atoms with Crippen LogP contribution in [0.3, 0.4) is 0 Å². The summed E-state index contributed by atoms with van der Waals surface area (Å²) >= 11 is 13.7. The Kier molecular flexibility index (Phi) is 8.39. The van der Waals surface area contributed by atoms with E-state index >= 15 is 0 Å². The van der Waals surface area contributed by atoms with Crippen molar-refractivity contribution in [2.45, 2.75) is 13.2 Å². The van der Waals surface area contributed by atoms with Crippen LogP contribution >= 0.6 is 34.7 Å². The lowest BCUT2D eigenvalue weighted by atomic mass is 10.2. The van der Waals surface area contributed by atoms with Crippen molar-refractivity contribution < 1.29 is 14.3 Å². The molecule has 8 heteroatoms. The lowest BCUT2D eigenvalue weighted by molar-refractivity contribution is 0.0685. The zero-order valence-electron chi connectivity index (χ0n) is 16.5. The van der Waals surface area contributed by atoms with Crippen molar-refractivity contribution in [1.29, 1.82) is 0 Å². The lowest BCUT2D eigenvalue weighted by Gasteiger charge is -2.20. The molecule has 158 valence electrons. The molecule has 0 saturated carbocycles. The van der Waals surface area contributed by atoms with Crippen molar-refractivity contribution in [2.24, 2.45) is 0 Å². The number of anilines is 2. The fourth-order valence-corrected chi connectivity index (χ4v) is 4.02. The van der Waals surface area contributed by atoms with Gasteiger partial charge in [-0.05, 0) is 42.0 Å². The van der Waals surface area contributed by atoms with Gasteiger partial charge in [0.1, 0.15) is 6.61 Å². The highest BCUT2D eigenvalue weighted by atomic mass is 35.5. The van der Waals surface area contributed by atoms with Crippen LogP contribution in [0, 0.1) is 0 Å². The topological polar surface area (TPSA) is 42.0 Å². The van der Waals surface area contributed by atoms with Crippen LogP contribution in [-0.4, -0.2) is 26.4 Å². The second kappa shape index (κ2) is 11.2. The van der Waals surface area contributed by atoms with Crippen molar-refractivity contribution in [3.63, 3.8) is 0 Å². The number of amides is 1. The molecule has 0 fully saturated rings. The van der Waals surface area contributed by atoms with Gasteiger partial charge in [-0.15, -0.1) is 11.3 Å². The Bertz CT molecular complexity index is 935. The molecular formula is C22H22Cl2N2O3S. The van der Waals surface area contributed by atoms with E-state index in [-0.39, 0.29) is 6.61 Å². The number of carbonyl (C=O) groups is 1. The summed E-state index contributed by atoms with van der Waals surface area (Å²) in [6.45, 7) is 1.63. The molecule has 0 radical (unpaired) electrons. The van der Waals surface area contributed by atoms with Gasteiger partial charge in [0.15, 0.2) is 0 Å². The Balaban J connectivity index is 1.42. The molecule has 0 saturated heterocycles. The van der Waals surface area contributed by atoms with E-state index in [0.717, 1.165) is 26.6 Å². The van der Waals surface area contributed by atoms with E-state index in [2.05, 4.69) is 4.90 Å². The van der Waals surface area contributed by atoms with Crippen LogP contribution in [0.25, 0.3) is 0 Å². The summed E-state index contributed by atoms with van der Waals surface area (Å²) in [6.07, 6.45) is -0.644. The maximum Gasteiger partial charge on any atom is 0.429 e. The van der Waals surface area contributed by atoms with Crippen LogP contribution in [0.15, 0.2) is 66.7 Å². The maximum atomic E-state index is 12.1. The molecule has 0 unspecified atom stereocenters. The number of thiophene rings is 1. The lowest BCUT2D eigenvalue weighted by Crippen LogP contribution is -2.23. The van der Waals surface area contributed by atoms with E-state index in [0.29, 0.717) is 18.9 Å². The van der Waals surface area contributed by atoms with Crippen LogP contribution < -0.4 is 9.32 Å². The van der Waals surface area contributed by atoms with Crippen molar-refractivity contribution in [3.8, 4) is 0 Å². The first kappa shape index (κ1) is 22.4. The number of ether oxygens (including phenoxy) is 2. The summed E-state index contributed by atoms with van der Waals surface area (Å²) in [7, 11) is 1.99. The number of benzene rings is 2. The van der Waals surface area contributed by atoms with Gasteiger partial charge in [-0.1, -0.05) is 41.9 Å². The van der Waals surface area contributed by atoms with Crippen LogP contribution in [0.4, 0.5) is 16.2 Å². The van der Waals surface area contributed by atoms with Crippen LogP contribution in [-0.2, 0) is 22.6 Å². The summed E-state index contributed by atoms with van der Waals surface area (Å²) in [6, 6.07) is 21.0. The van der Waals surface area contributed by atoms with Gasteiger partial charge < -0.3 is 14.4 Å². The Hall–Kier alpha value is -2.25. The zero-order chi connectivity index (χ0) is 21.3. The first-order valence-electron chi connectivity index (χ1n) is 9.32. The number of hydrogen-bond acceptors (Lipinski definition) is 5. The number of nitrogens with zero attached hydrogens (tertiary/aromatic N) is 2. The van der Waals surface area contributed by atoms with E-state index in [9.17, 15) is 4.79 Å². The molecule has 0 N–H and O–H groups in total. The van der Waals surface area contributed by atoms with Gasteiger partial charge in [0, 0.05) is 29.4 Å². The van der Waals surface area contributed by atoms with Gasteiger partial charge in [0.2, 0.25) is 0 Å². The van der Waals surface area contributed by atoms with Crippen molar-refractivity contribution in [1.82, 2.24) is 0 Å². The average molecular weight is 465 g/mol. The van der Waals surface area contributed by atoms with Crippen LogP contribution in [0.5, 0.6) is 0 Å². The van der Waals surface area contributed by atoms with Gasteiger partial charge in [-0.25, -0.2) is 4.79 Å². The van der Waals surface area contributed by atoms with E-state index in [1.165, 1.54) is 4.88 Å². The second-order valence-electron chi connectivity index (χ2n) is 6.51. The van der Waals surface area contributed by atoms with Crippen molar-refractivity contribution in [3.05, 3.63) is 81.5 Å². The molecule has 3 rings (SSSR count). The summed E-state index contributed by atoms with van der Waals surface area (Å²) < 4.78 is 12.4. The van der Waals surface area contributed by atoms with Gasteiger partial charge in [-0.2, -0.15) is 4.42 Å². The average Bonchev–Trinajstić information content (AvgIpc) is 3.18. The molecule has 0 bridgehead atoms. The Morgan fingerprint density at radius 3 is 2.33 bits per heavy atom. The van der Waals surface area contributed by atoms with Gasteiger partial charge in [0.05, 0.1) is 29.8 Å². The van der Waals surface area contributed by atoms with E-state index in [4.69, 9.17) is 32.9 Å². The largest absolute Gasteiger partial charge is 0.446 e. The molecule has 30 heavy (non-hydrogen) atoms. The summed E-state index contributed by atoms with van der Waals surface area (Å²) in [5.41, 5.74) is 2.59. The smallest absolute Gasteiger partial charge is 0.429 e. The van der Waals surface area contributed by atoms with E-state index < -0.39 is 6.09 Å². The highest BCUT2D eigenvalue weighted by molar-refractivity contribution is 7.16. The van der Waals surface area contributed by atoms with E-state index in [1.807, 2.05) is 61.6 Å². The standard InChI is InChI=1S/C22H22Cl2N2O3S/c1-25(15-20-11-12-21(23)30-20)18-7-9-19(10-8-18)26(24)22(27)29-14-13-28-16-17-5-3-2-4-6-17/h2-12H,13-16H2,1H3. The van der Waals surface area contributed by atoms with Gasteiger partial charge >= 0.3 is 6.09 Å². The minimum Gasteiger partial charge on any atom is -0.446 e. The zero-order valence-corrected chi connectivity index (χ0v) is 18.8. The van der Waals surface area contributed by atoms with Gasteiger partial charge in [0.25, 0.3) is 0 Å². The van der Waals surface area contributed by atoms with Crippen molar-refractivity contribution in [2.75, 3.05) is 29.6 Å². The molecule has 5 nitrogen and oxygen atoms in total. The molecule has 0 spiro atoms. The predicted molar refractivity (Wildman–Crippen MR) is 124 cm³/mol. The van der Waals surface area contributed by atoms with Crippen molar-refractivity contribution >= 4 is 52.2 Å². The molecule has 0 aliphatic heterocycles. The Morgan fingerprint density at radius 1 is 0.967 bits per heavy atom. The number of halogens is 2. The predicted octanol–water partition coefficient (Wildman–Crippen LogP) is 6.35. The number of carbonyl (C=O) groups excluding carboxylic acids is 1. The third kappa shape index (κ3) is 6.64. The maximum absolute atomic E-state index is 12.1. The van der Waals surface area contributed by atoms with E-state index in [1.54, 1.807) is 23.5 Å². The third-order valence-corrected chi connectivity index (χ3v) is 5.81. The molecule has 1 aromatic heterocycles. The molecular weight excluding hydrogens is 443 g/mol. The molecule has 1 heterocycles. The molecule has 3 aromatic rings. The molecule has 1 amide bonds. The second-order valence-corrected chi connectivity index (χ2v) is 8.65. The third-order valence-electron chi connectivity index (χ3n) is 4.26. The minimum atomic E-state index is -0.644. The van der Waals surface area contributed by atoms with Crippen LogP contribution in [0.2, 0.25) is 4.34 Å². The molecule has 2 aromatic carbocycles. The molecule has 0 atom stereocenters. The number of rotatable bonds is 9. The Morgan fingerprint density at radius 2 is 1.67 bits per heavy atom. The minimum absolute atomic E-state index is 0.124. The van der Waals surface area contributed by atoms with Crippen LogP contribution in [0.1, 0.15) is 10.4 Å². The monoisotopic (exact) mass is 464 g/mol. The SMILES string of the molecule is CN(Cc1ccc(Cl)s1)c1ccc(N(Cl)C(=O)OCCOCc2ccccc2)cc1. The fraction of sp³-hybridized carbons (Fsp3) is 0.227. The first-order valence-corrected chi connectivity index (χ1v) is 10.9. The fourth-order valence-electron chi connectivity index (χ4n) is 2.71. The summed E-state index contributed by atoms with van der Waals surface area (Å²) in [5, 5.41) is 0. The van der Waals surface area contributed by atoms with Gasteiger partial charge in [-0.3, -0.25) is 0 Å².